The van der Waals surface area contributed by atoms with Gasteiger partial charge in [-0.2, -0.15) is 0 Å². The Morgan fingerprint density at radius 2 is 1.97 bits per heavy atom. The Morgan fingerprint density at radius 3 is 2.73 bits per heavy atom. The summed E-state index contributed by atoms with van der Waals surface area (Å²) in [6, 6.07) is 1.88. The van der Waals surface area contributed by atoms with Gasteiger partial charge in [-0.3, -0.25) is 4.57 Å². The fourth-order valence-corrected chi connectivity index (χ4v) is 4.12. The second-order valence-corrected chi connectivity index (χ2v) is 7.92. The van der Waals surface area contributed by atoms with Gasteiger partial charge in [-0.15, -0.1) is 0 Å². The van der Waals surface area contributed by atoms with Crippen molar-refractivity contribution in [2.24, 2.45) is 0 Å². The van der Waals surface area contributed by atoms with E-state index in [1.165, 1.54) is 12.7 Å². The molecule has 0 radical (unpaired) electrons. The number of aliphatic hydroxyl groups excluding tert-OH is 2. The molecule has 30 heavy (non-hydrogen) atoms. The lowest BCUT2D eigenvalue weighted by atomic mass is 10.1. The molecule has 0 spiro atoms. The number of ether oxygens (including phenoxy) is 1. The van der Waals surface area contributed by atoms with Gasteiger partial charge in [0.05, 0.1) is 12.4 Å². The van der Waals surface area contributed by atoms with Crippen molar-refractivity contribution in [1.29, 1.82) is 0 Å². The summed E-state index contributed by atoms with van der Waals surface area (Å²) in [6.07, 6.45) is 2.07. The van der Waals surface area contributed by atoms with Crippen molar-refractivity contribution in [3.8, 4) is 0 Å². The fraction of sp³-hybridized carbons (Fsp3) is 0.500. The van der Waals surface area contributed by atoms with E-state index in [2.05, 4.69) is 35.1 Å². The second-order valence-electron chi connectivity index (χ2n) is 7.53. The van der Waals surface area contributed by atoms with Gasteiger partial charge in [0.15, 0.2) is 23.2 Å². The van der Waals surface area contributed by atoms with Crippen LogP contribution in [0.4, 0.5) is 11.6 Å². The summed E-state index contributed by atoms with van der Waals surface area (Å²) in [4.78, 5) is 23.4. The number of hydrogen-bond donors (Lipinski definition) is 3. The van der Waals surface area contributed by atoms with E-state index in [4.69, 9.17) is 16.3 Å². The Kier molecular flexibility index (Phi) is 4.89. The van der Waals surface area contributed by atoms with Crippen LogP contribution in [-0.2, 0) is 4.74 Å². The van der Waals surface area contributed by atoms with E-state index in [0.29, 0.717) is 22.1 Å². The number of rotatable bonds is 4. The maximum atomic E-state index is 10.3. The fourth-order valence-electron chi connectivity index (χ4n) is 3.98. The predicted octanol–water partition coefficient (Wildman–Crippen LogP) is 0.600. The molecule has 2 fully saturated rings. The number of hydrogen-bond acceptors (Lipinski definition) is 10. The highest BCUT2D eigenvalue weighted by Crippen LogP contribution is 2.32. The van der Waals surface area contributed by atoms with Crippen LogP contribution < -0.4 is 10.2 Å². The smallest absolute Gasteiger partial charge is 0.167 e. The third kappa shape index (κ3) is 3.33. The van der Waals surface area contributed by atoms with Crippen molar-refractivity contribution in [1.82, 2.24) is 29.5 Å². The maximum absolute atomic E-state index is 10.3. The molecule has 0 aromatic carbocycles. The van der Waals surface area contributed by atoms with Crippen LogP contribution in [0.25, 0.3) is 11.2 Å². The Hall–Kier alpha value is -2.60. The molecule has 4 unspecified atom stereocenters. The molecule has 5 heterocycles. The minimum Gasteiger partial charge on any atom is -0.388 e. The van der Waals surface area contributed by atoms with E-state index in [9.17, 15) is 10.2 Å². The SMILES string of the molecule is CC1OC(n2cnc3c(N[C@H]4CCN(c5cc(Cl)ncn5)C4)ncnc32)C(O)C1O. The topological polar surface area (TPSA) is 134 Å². The first-order chi connectivity index (χ1) is 14.5. The average Bonchev–Trinajstić information content (AvgIpc) is 3.44. The van der Waals surface area contributed by atoms with E-state index >= 15 is 0 Å². The zero-order valence-electron chi connectivity index (χ0n) is 16.1. The van der Waals surface area contributed by atoms with Crippen LogP contribution in [0.1, 0.15) is 19.6 Å². The summed E-state index contributed by atoms with van der Waals surface area (Å²) in [5, 5.41) is 24.2. The van der Waals surface area contributed by atoms with Gasteiger partial charge in [-0.25, -0.2) is 24.9 Å². The molecule has 5 rings (SSSR count). The Labute approximate surface area is 176 Å². The largest absolute Gasteiger partial charge is 0.388 e. The summed E-state index contributed by atoms with van der Waals surface area (Å²) in [5.74, 6) is 1.39. The molecule has 0 aliphatic carbocycles. The first-order valence-electron chi connectivity index (χ1n) is 9.69. The van der Waals surface area contributed by atoms with Gasteiger partial charge in [0.2, 0.25) is 0 Å². The van der Waals surface area contributed by atoms with Crippen molar-refractivity contribution in [3.63, 3.8) is 0 Å². The quantitative estimate of drug-likeness (QED) is 0.503. The number of nitrogens with one attached hydrogen (secondary N) is 1. The van der Waals surface area contributed by atoms with Crippen molar-refractivity contribution < 1.29 is 14.9 Å². The highest BCUT2D eigenvalue weighted by Gasteiger charge is 2.42. The summed E-state index contributed by atoms with van der Waals surface area (Å²) in [5.41, 5.74) is 1.10. The van der Waals surface area contributed by atoms with E-state index in [-0.39, 0.29) is 6.04 Å². The number of anilines is 2. The molecule has 2 aliphatic heterocycles. The lowest BCUT2D eigenvalue weighted by Crippen LogP contribution is -2.30. The molecular weight excluding hydrogens is 412 g/mol. The van der Waals surface area contributed by atoms with E-state index in [0.717, 1.165) is 25.3 Å². The third-order valence-corrected chi connectivity index (χ3v) is 5.79. The Bertz CT molecular complexity index is 1060. The molecule has 3 N–H and O–H groups in total. The highest BCUT2D eigenvalue weighted by molar-refractivity contribution is 6.29. The Balaban J connectivity index is 1.36. The molecule has 0 bridgehead atoms. The monoisotopic (exact) mass is 432 g/mol. The number of nitrogens with zero attached hydrogens (tertiary/aromatic N) is 7. The number of halogens is 1. The van der Waals surface area contributed by atoms with Crippen LogP contribution >= 0.6 is 11.6 Å². The van der Waals surface area contributed by atoms with Crippen molar-refractivity contribution in [3.05, 3.63) is 30.2 Å². The minimum atomic E-state index is -1.06. The molecule has 5 atom stereocenters. The average molecular weight is 433 g/mol. The second kappa shape index (κ2) is 7.58. The van der Waals surface area contributed by atoms with E-state index in [1.807, 2.05) is 0 Å². The molecule has 3 aromatic rings. The number of fused-ring (bicyclic) bond motifs is 1. The molecule has 0 amide bonds. The lowest BCUT2D eigenvalue weighted by Gasteiger charge is -2.18. The van der Waals surface area contributed by atoms with Gasteiger partial charge >= 0.3 is 0 Å². The normalized spacial score (nSPS) is 29.1. The van der Waals surface area contributed by atoms with Crippen molar-refractivity contribution in [2.45, 2.75) is 43.9 Å². The van der Waals surface area contributed by atoms with Gasteiger partial charge in [-0.1, -0.05) is 11.6 Å². The molecule has 3 aromatic heterocycles. The predicted molar refractivity (Wildman–Crippen MR) is 108 cm³/mol. The summed E-state index contributed by atoms with van der Waals surface area (Å²) in [6.45, 7) is 3.27. The number of aliphatic hydroxyl groups is 2. The molecule has 0 saturated carbocycles. The molecule has 2 aliphatic rings. The molecule has 12 heteroatoms. The van der Waals surface area contributed by atoms with Gasteiger partial charge < -0.3 is 25.2 Å². The van der Waals surface area contributed by atoms with Gasteiger partial charge in [0, 0.05) is 25.2 Å². The molecule has 11 nitrogen and oxygen atoms in total. The lowest BCUT2D eigenvalue weighted by molar-refractivity contribution is -0.0299. The standard InChI is InChI=1S/C18H21ClN8O3/c1-9-14(28)15(29)18(30-9)27-8-24-13-16(22-7-23-17(13)27)25-10-2-3-26(5-10)12-4-11(19)20-6-21-12/h4,6-10,14-15,18,28-29H,2-3,5H2,1H3,(H,22,23,25)/t9?,10-,14?,15?,18?/m0/s1. The third-order valence-electron chi connectivity index (χ3n) is 5.58. The van der Waals surface area contributed by atoms with Crippen molar-refractivity contribution in [2.75, 3.05) is 23.3 Å². The van der Waals surface area contributed by atoms with Gasteiger partial charge in [-0.05, 0) is 13.3 Å². The summed E-state index contributed by atoms with van der Waals surface area (Å²) in [7, 11) is 0. The summed E-state index contributed by atoms with van der Waals surface area (Å²) >= 11 is 5.97. The van der Waals surface area contributed by atoms with Gasteiger partial charge in [0.25, 0.3) is 0 Å². The van der Waals surface area contributed by atoms with Crippen LogP contribution in [0.3, 0.4) is 0 Å². The number of imidazole rings is 1. The zero-order valence-corrected chi connectivity index (χ0v) is 16.9. The van der Waals surface area contributed by atoms with Crippen LogP contribution in [-0.4, -0.2) is 77.1 Å². The first-order valence-corrected chi connectivity index (χ1v) is 10.1. The maximum Gasteiger partial charge on any atom is 0.167 e. The first kappa shape index (κ1) is 19.4. The van der Waals surface area contributed by atoms with Crippen LogP contribution in [0.2, 0.25) is 5.15 Å². The highest BCUT2D eigenvalue weighted by atomic mass is 35.5. The van der Waals surface area contributed by atoms with Gasteiger partial charge in [0.1, 0.15) is 35.8 Å². The molecular formula is C18H21ClN8O3. The zero-order chi connectivity index (χ0) is 20.8. The molecule has 158 valence electrons. The van der Waals surface area contributed by atoms with Crippen LogP contribution in [0.15, 0.2) is 25.0 Å². The van der Waals surface area contributed by atoms with E-state index < -0.39 is 24.5 Å². The Morgan fingerprint density at radius 1 is 1.13 bits per heavy atom. The molecule has 2 saturated heterocycles. The van der Waals surface area contributed by atoms with Crippen LogP contribution in [0, 0.1) is 0 Å². The van der Waals surface area contributed by atoms with Crippen LogP contribution in [0.5, 0.6) is 0 Å². The van der Waals surface area contributed by atoms with E-state index in [1.54, 1.807) is 23.9 Å². The minimum absolute atomic E-state index is 0.136. The summed E-state index contributed by atoms with van der Waals surface area (Å²) < 4.78 is 7.33. The van der Waals surface area contributed by atoms with Crippen molar-refractivity contribution >= 4 is 34.4 Å². The number of aromatic nitrogens is 6.